The molecule has 0 aromatic rings. The van der Waals surface area contributed by atoms with Crippen molar-refractivity contribution in [2.75, 3.05) is 19.7 Å². The second-order valence-corrected chi connectivity index (χ2v) is 7.44. The highest BCUT2D eigenvalue weighted by molar-refractivity contribution is 5.69. The summed E-state index contributed by atoms with van der Waals surface area (Å²) in [4.78, 5) is 14.0. The summed E-state index contributed by atoms with van der Waals surface area (Å²) < 4.78 is 11.2. The molecule has 4 rings (SSSR count). The van der Waals surface area contributed by atoms with Crippen molar-refractivity contribution in [1.82, 2.24) is 4.90 Å². The van der Waals surface area contributed by atoms with Gasteiger partial charge < -0.3 is 14.4 Å². The fourth-order valence-corrected chi connectivity index (χ4v) is 4.74. The Morgan fingerprint density at radius 2 is 2.06 bits per heavy atom. The van der Waals surface area contributed by atoms with Crippen LogP contribution in [0.5, 0.6) is 0 Å². The SMILES string of the molecule is C[C@@H]1[C@H]2CN(C(=O)OC(C)(C)C)C[C@H]3C4(CO4)C123. The Morgan fingerprint density at radius 1 is 1.39 bits per heavy atom. The minimum Gasteiger partial charge on any atom is -0.444 e. The number of epoxide rings is 1. The summed E-state index contributed by atoms with van der Waals surface area (Å²) in [6, 6.07) is 0. The Kier molecular flexibility index (Phi) is 1.67. The zero-order valence-electron chi connectivity index (χ0n) is 11.5. The topological polar surface area (TPSA) is 42.1 Å². The number of carbonyl (C=O) groups is 1. The van der Waals surface area contributed by atoms with Crippen LogP contribution in [0, 0.1) is 23.2 Å². The highest BCUT2D eigenvalue weighted by Gasteiger charge is 2.97. The van der Waals surface area contributed by atoms with E-state index in [1.54, 1.807) is 0 Å². The van der Waals surface area contributed by atoms with Gasteiger partial charge in [-0.1, -0.05) is 6.92 Å². The smallest absolute Gasteiger partial charge is 0.410 e. The van der Waals surface area contributed by atoms with E-state index in [0.29, 0.717) is 17.3 Å². The fraction of sp³-hybridized carbons (Fsp3) is 0.929. The van der Waals surface area contributed by atoms with E-state index in [2.05, 4.69) is 6.92 Å². The number of hydrogen-bond acceptors (Lipinski definition) is 3. The molecule has 0 aromatic carbocycles. The van der Waals surface area contributed by atoms with Crippen LogP contribution in [-0.2, 0) is 9.47 Å². The molecule has 4 fully saturated rings. The van der Waals surface area contributed by atoms with Crippen LogP contribution in [0.25, 0.3) is 0 Å². The van der Waals surface area contributed by atoms with Crippen molar-refractivity contribution in [3.63, 3.8) is 0 Å². The molecule has 4 aliphatic rings. The van der Waals surface area contributed by atoms with Crippen LogP contribution in [0.3, 0.4) is 0 Å². The number of piperidine rings is 1. The van der Waals surface area contributed by atoms with Gasteiger partial charge in [0.25, 0.3) is 0 Å². The lowest BCUT2D eigenvalue weighted by molar-refractivity contribution is 0.0200. The Labute approximate surface area is 108 Å². The average molecular weight is 251 g/mol. The van der Waals surface area contributed by atoms with Gasteiger partial charge in [0, 0.05) is 24.4 Å². The summed E-state index contributed by atoms with van der Waals surface area (Å²) in [5.41, 5.74) is 0.220. The zero-order valence-corrected chi connectivity index (χ0v) is 11.5. The van der Waals surface area contributed by atoms with Crippen LogP contribution < -0.4 is 0 Å². The number of ether oxygens (including phenoxy) is 2. The van der Waals surface area contributed by atoms with E-state index in [1.165, 1.54) is 0 Å². The number of carbonyl (C=O) groups excluding carboxylic acids is 1. The first-order valence-corrected chi connectivity index (χ1v) is 6.95. The maximum Gasteiger partial charge on any atom is 0.410 e. The van der Waals surface area contributed by atoms with Gasteiger partial charge in [0.2, 0.25) is 0 Å². The molecule has 18 heavy (non-hydrogen) atoms. The highest BCUT2D eigenvalue weighted by Crippen LogP contribution is 2.90. The number of hydrogen-bond donors (Lipinski definition) is 0. The van der Waals surface area contributed by atoms with E-state index >= 15 is 0 Å². The largest absolute Gasteiger partial charge is 0.444 e. The second-order valence-electron chi connectivity index (χ2n) is 7.44. The normalized spacial score (nSPS) is 51.6. The fourth-order valence-electron chi connectivity index (χ4n) is 4.74. The van der Waals surface area contributed by atoms with Gasteiger partial charge in [-0.25, -0.2) is 4.79 Å². The Balaban J connectivity index is 1.49. The van der Waals surface area contributed by atoms with E-state index in [4.69, 9.17) is 9.47 Å². The molecule has 5 atom stereocenters. The van der Waals surface area contributed by atoms with Crippen molar-refractivity contribution in [1.29, 1.82) is 0 Å². The predicted molar refractivity (Wildman–Crippen MR) is 65.1 cm³/mol. The molecule has 2 saturated carbocycles. The van der Waals surface area contributed by atoms with Gasteiger partial charge in [-0.05, 0) is 32.6 Å². The van der Waals surface area contributed by atoms with Crippen molar-refractivity contribution < 1.29 is 14.3 Å². The van der Waals surface area contributed by atoms with E-state index in [9.17, 15) is 4.79 Å². The van der Waals surface area contributed by atoms with Crippen LogP contribution in [0.15, 0.2) is 0 Å². The Bertz CT molecular complexity index is 437. The van der Waals surface area contributed by atoms with Gasteiger partial charge >= 0.3 is 6.09 Å². The molecule has 2 unspecified atom stereocenters. The number of nitrogens with zero attached hydrogens (tertiary/aromatic N) is 1. The van der Waals surface area contributed by atoms with Gasteiger partial charge in [0.05, 0.1) is 6.61 Å². The van der Waals surface area contributed by atoms with Crippen LogP contribution in [0.2, 0.25) is 0 Å². The van der Waals surface area contributed by atoms with Gasteiger partial charge in [0.15, 0.2) is 0 Å². The summed E-state index contributed by atoms with van der Waals surface area (Å²) in [5.74, 6) is 1.94. The molecule has 0 radical (unpaired) electrons. The molecule has 100 valence electrons. The lowest BCUT2D eigenvalue weighted by atomic mass is 10.1. The van der Waals surface area contributed by atoms with E-state index < -0.39 is 5.60 Å². The first-order valence-electron chi connectivity index (χ1n) is 6.95. The summed E-state index contributed by atoms with van der Waals surface area (Å²) in [5, 5.41) is 0. The van der Waals surface area contributed by atoms with E-state index in [-0.39, 0.29) is 11.7 Å². The summed E-state index contributed by atoms with van der Waals surface area (Å²) in [6.07, 6.45) is -0.155. The lowest BCUT2D eigenvalue weighted by Gasteiger charge is -2.29. The molecule has 4 heteroatoms. The Hall–Kier alpha value is -0.770. The van der Waals surface area contributed by atoms with Crippen LogP contribution in [0.1, 0.15) is 27.7 Å². The minimum absolute atomic E-state index is 0.155. The number of rotatable bonds is 0. The van der Waals surface area contributed by atoms with Crippen molar-refractivity contribution in [3.05, 3.63) is 0 Å². The van der Waals surface area contributed by atoms with Crippen molar-refractivity contribution in [2.45, 2.75) is 38.9 Å². The van der Waals surface area contributed by atoms with Gasteiger partial charge in [0.1, 0.15) is 11.2 Å². The highest BCUT2D eigenvalue weighted by atomic mass is 16.6. The molecule has 2 heterocycles. The quantitative estimate of drug-likeness (QED) is 0.617. The molecule has 1 amide bonds. The summed E-state index contributed by atoms with van der Waals surface area (Å²) in [6.45, 7) is 10.7. The van der Waals surface area contributed by atoms with E-state index in [1.807, 2.05) is 25.7 Å². The van der Waals surface area contributed by atoms with Gasteiger partial charge in [-0.2, -0.15) is 0 Å². The first kappa shape index (κ1) is 11.1. The van der Waals surface area contributed by atoms with Crippen LogP contribution in [0.4, 0.5) is 4.79 Å². The van der Waals surface area contributed by atoms with Gasteiger partial charge in [-0.3, -0.25) is 0 Å². The Morgan fingerprint density at radius 3 is 2.61 bits per heavy atom. The van der Waals surface area contributed by atoms with E-state index in [0.717, 1.165) is 25.6 Å². The number of likely N-dealkylation sites (tertiary alicyclic amines) is 1. The molecule has 0 aromatic heterocycles. The number of fused-ring (bicyclic) bond motifs is 1. The summed E-state index contributed by atoms with van der Waals surface area (Å²) in [7, 11) is 0. The molecular formula is C14H21NO3. The molecule has 2 aliphatic carbocycles. The lowest BCUT2D eigenvalue weighted by Crippen LogP contribution is -2.41. The third-order valence-electron chi connectivity index (χ3n) is 5.58. The standard InChI is InChI=1S/C14H21NO3/c1-8-9-5-15(11(16)18-12(2,3)4)6-10-13(7-17-13)14(8,9)10/h8-10H,5-7H2,1-4H3/t8-,9-,10+,13?,14?/m1/s1. The molecule has 2 spiro atoms. The molecule has 0 bridgehead atoms. The third-order valence-corrected chi connectivity index (χ3v) is 5.58. The van der Waals surface area contributed by atoms with Crippen molar-refractivity contribution in [3.8, 4) is 0 Å². The second kappa shape index (κ2) is 2.72. The first-order chi connectivity index (χ1) is 8.33. The van der Waals surface area contributed by atoms with Crippen molar-refractivity contribution in [2.24, 2.45) is 23.2 Å². The average Bonchev–Trinajstić information content (AvgIpc) is 3.15. The molecule has 2 aliphatic heterocycles. The minimum atomic E-state index is -0.405. The zero-order chi connectivity index (χ0) is 12.9. The molecule has 4 nitrogen and oxygen atoms in total. The third kappa shape index (κ3) is 1.05. The van der Waals surface area contributed by atoms with Crippen LogP contribution in [-0.4, -0.2) is 41.9 Å². The van der Waals surface area contributed by atoms with Crippen LogP contribution >= 0.6 is 0 Å². The maximum absolute atomic E-state index is 12.1. The maximum atomic E-state index is 12.1. The predicted octanol–water partition coefficient (Wildman–Crippen LogP) is 1.89. The summed E-state index contributed by atoms with van der Waals surface area (Å²) >= 11 is 0. The molecule has 0 N–H and O–H groups in total. The molecule has 2 saturated heterocycles. The number of amides is 1. The van der Waals surface area contributed by atoms with Crippen molar-refractivity contribution >= 4 is 6.09 Å². The van der Waals surface area contributed by atoms with Gasteiger partial charge in [-0.15, -0.1) is 0 Å². The molecular weight excluding hydrogens is 230 g/mol. The monoisotopic (exact) mass is 251 g/mol.